The summed E-state index contributed by atoms with van der Waals surface area (Å²) in [6.45, 7) is 2.68. The zero-order chi connectivity index (χ0) is 18.8. The molecule has 0 saturated carbocycles. The van der Waals surface area contributed by atoms with Crippen LogP contribution in [-0.2, 0) is 16.0 Å². The molecular formula is C21H21N3O3. The molecule has 1 aliphatic rings. The van der Waals surface area contributed by atoms with E-state index < -0.39 is 0 Å². The van der Waals surface area contributed by atoms with Crippen LogP contribution in [0.3, 0.4) is 0 Å². The molecule has 0 aliphatic carbocycles. The van der Waals surface area contributed by atoms with E-state index in [2.05, 4.69) is 16.4 Å². The third kappa shape index (κ3) is 3.65. The molecule has 0 spiro atoms. The minimum atomic E-state index is -0.348. The summed E-state index contributed by atoms with van der Waals surface area (Å²) in [5, 5.41) is 4.12. The molecule has 2 N–H and O–H groups in total. The van der Waals surface area contributed by atoms with Crippen LogP contribution >= 0.6 is 0 Å². The molecule has 0 saturated heterocycles. The summed E-state index contributed by atoms with van der Waals surface area (Å²) in [6, 6.07) is 13.7. The molecule has 4 rings (SSSR count). The van der Waals surface area contributed by atoms with Gasteiger partial charge in [-0.3, -0.25) is 4.79 Å². The number of ether oxygens (including phenoxy) is 1. The highest BCUT2D eigenvalue weighted by Crippen LogP contribution is 2.32. The van der Waals surface area contributed by atoms with Gasteiger partial charge in [-0.05, 0) is 42.7 Å². The van der Waals surface area contributed by atoms with Gasteiger partial charge in [0.05, 0.1) is 12.2 Å². The van der Waals surface area contributed by atoms with E-state index in [1.807, 2.05) is 49.5 Å². The number of rotatable bonds is 5. The van der Waals surface area contributed by atoms with Crippen molar-refractivity contribution >= 4 is 28.5 Å². The number of esters is 1. The monoisotopic (exact) mass is 363 g/mol. The summed E-state index contributed by atoms with van der Waals surface area (Å²) in [5.74, 6) is 0.0496. The number of fused-ring (bicyclic) bond motifs is 2. The molecule has 2 aromatic carbocycles. The lowest BCUT2D eigenvalue weighted by atomic mass is 10.1. The number of benzene rings is 2. The predicted molar refractivity (Wildman–Crippen MR) is 104 cm³/mol. The first-order valence-electron chi connectivity index (χ1n) is 8.98. The fraction of sp³-hybridized carbons (Fsp3) is 0.238. The van der Waals surface area contributed by atoms with Crippen LogP contribution in [0.2, 0.25) is 0 Å². The Morgan fingerprint density at radius 1 is 1.26 bits per heavy atom. The number of nitrogens with zero attached hydrogens (tertiary/aromatic N) is 1. The Kier molecular flexibility index (Phi) is 4.54. The van der Waals surface area contributed by atoms with Crippen LogP contribution in [0.1, 0.15) is 11.1 Å². The van der Waals surface area contributed by atoms with Gasteiger partial charge in [-0.2, -0.15) is 0 Å². The topological polar surface area (TPSA) is 74.4 Å². The molecule has 27 heavy (non-hydrogen) atoms. The SMILES string of the molecule is Cc1ccc2c(c1)OC(=O)CN2CC(=O)NCCc1c[nH]c2ccccc12. The molecule has 2 heterocycles. The van der Waals surface area contributed by atoms with Crippen LogP contribution in [0.4, 0.5) is 5.69 Å². The molecule has 1 aromatic heterocycles. The number of amides is 1. The molecule has 3 aromatic rings. The molecular weight excluding hydrogens is 342 g/mol. The first-order chi connectivity index (χ1) is 13.1. The largest absolute Gasteiger partial charge is 0.423 e. The highest BCUT2D eigenvalue weighted by Gasteiger charge is 2.25. The van der Waals surface area contributed by atoms with Crippen LogP contribution < -0.4 is 15.0 Å². The number of hydrogen-bond donors (Lipinski definition) is 2. The van der Waals surface area contributed by atoms with Crippen molar-refractivity contribution in [3.8, 4) is 5.75 Å². The maximum Gasteiger partial charge on any atom is 0.331 e. The van der Waals surface area contributed by atoms with E-state index >= 15 is 0 Å². The number of para-hydroxylation sites is 1. The lowest BCUT2D eigenvalue weighted by molar-refractivity contribution is -0.133. The summed E-state index contributed by atoms with van der Waals surface area (Å²) >= 11 is 0. The second kappa shape index (κ2) is 7.15. The maximum atomic E-state index is 12.4. The van der Waals surface area contributed by atoms with Gasteiger partial charge >= 0.3 is 5.97 Å². The first kappa shape index (κ1) is 17.1. The highest BCUT2D eigenvalue weighted by molar-refractivity contribution is 5.89. The zero-order valence-corrected chi connectivity index (χ0v) is 15.1. The average molecular weight is 363 g/mol. The summed E-state index contributed by atoms with van der Waals surface area (Å²) in [7, 11) is 0. The Hall–Kier alpha value is -3.28. The third-order valence-electron chi connectivity index (χ3n) is 4.73. The van der Waals surface area contributed by atoms with E-state index in [-0.39, 0.29) is 25.0 Å². The van der Waals surface area contributed by atoms with E-state index in [0.29, 0.717) is 12.3 Å². The number of nitrogens with one attached hydrogen (secondary N) is 2. The number of aromatic nitrogens is 1. The predicted octanol–water partition coefficient (Wildman–Crippen LogP) is 2.56. The molecule has 0 radical (unpaired) electrons. The molecule has 1 aliphatic heterocycles. The normalized spacial score (nSPS) is 13.4. The number of carbonyl (C=O) groups is 2. The van der Waals surface area contributed by atoms with Gasteiger partial charge in [-0.25, -0.2) is 4.79 Å². The Balaban J connectivity index is 1.36. The quantitative estimate of drug-likeness (QED) is 0.540. The van der Waals surface area contributed by atoms with Gasteiger partial charge in [-0.1, -0.05) is 24.3 Å². The number of aromatic amines is 1. The minimum absolute atomic E-state index is 0.0753. The number of carbonyl (C=O) groups excluding carboxylic acids is 2. The lowest BCUT2D eigenvalue weighted by Crippen LogP contribution is -2.43. The molecule has 138 valence electrons. The molecule has 0 bridgehead atoms. The molecule has 6 nitrogen and oxygen atoms in total. The van der Waals surface area contributed by atoms with Gasteiger partial charge in [0.25, 0.3) is 0 Å². The van der Waals surface area contributed by atoms with Crippen LogP contribution in [0, 0.1) is 6.92 Å². The fourth-order valence-electron chi connectivity index (χ4n) is 3.41. The molecule has 0 fully saturated rings. The van der Waals surface area contributed by atoms with E-state index in [4.69, 9.17) is 4.74 Å². The number of anilines is 1. The van der Waals surface area contributed by atoms with Gasteiger partial charge in [0.15, 0.2) is 5.75 Å². The summed E-state index contributed by atoms with van der Waals surface area (Å²) < 4.78 is 5.28. The van der Waals surface area contributed by atoms with E-state index in [9.17, 15) is 9.59 Å². The Bertz CT molecular complexity index is 1010. The van der Waals surface area contributed by atoms with Gasteiger partial charge in [-0.15, -0.1) is 0 Å². The standard InChI is InChI=1S/C21H21N3O3/c1-14-6-7-18-19(10-14)27-21(26)13-24(18)12-20(25)22-9-8-15-11-23-17-5-3-2-4-16(15)17/h2-7,10-11,23H,8-9,12-13H2,1H3,(H,22,25). The van der Waals surface area contributed by atoms with Crippen molar-refractivity contribution in [1.82, 2.24) is 10.3 Å². The van der Waals surface area contributed by atoms with Crippen molar-refractivity contribution in [3.63, 3.8) is 0 Å². The van der Waals surface area contributed by atoms with Crippen molar-refractivity contribution < 1.29 is 14.3 Å². The molecule has 0 unspecified atom stereocenters. The van der Waals surface area contributed by atoms with Gasteiger partial charge < -0.3 is 19.9 Å². The summed E-state index contributed by atoms with van der Waals surface area (Å²) in [4.78, 5) is 29.2. The number of aryl methyl sites for hydroxylation is 1. The first-order valence-corrected chi connectivity index (χ1v) is 8.98. The van der Waals surface area contributed by atoms with Crippen molar-refractivity contribution in [2.45, 2.75) is 13.3 Å². The zero-order valence-electron chi connectivity index (χ0n) is 15.1. The van der Waals surface area contributed by atoms with E-state index in [1.54, 1.807) is 4.90 Å². The molecule has 6 heteroatoms. The third-order valence-corrected chi connectivity index (χ3v) is 4.73. The van der Waals surface area contributed by atoms with Crippen LogP contribution in [0.25, 0.3) is 10.9 Å². The lowest BCUT2D eigenvalue weighted by Gasteiger charge is -2.29. The van der Waals surface area contributed by atoms with Crippen LogP contribution in [-0.4, -0.2) is 36.5 Å². The van der Waals surface area contributed by atoms with Crippen molar-refractivity contribution in [2.75, 3.05) is 24.5 Å². The van der Waals surface area contributed by atoms with Gasteiger partial charge in [0.1, 0.15) is 6.54 Å². The second-order valence-electron chi connectivity index (χ2n) is 6.76. The second-order valence-corrected chi connectivity index (χ2v) is 6.76. The minimum Gasteiger partial charge on any atom is -0.423 e. The van der Waals surface area contributed by atoms with Crippen molar-refractivity contribution in [2.24, 2.45) is 0 Å². The van der Waals surface area contributed by atoms with Crippen molar-refractivity contribution in [1.29, 1.82) is 0 Å². The molecule has 1 amide bonds. The van der Waals surface area contributed by atoms with Crippen LogP contribution in [0.15, 0.2) is 48.7 Å². The van der Waals surface area contributed by atoms with Gasteiger partial charge in [0.2, 0.25) is 5.91 Å². The summed E-state index contributed by atoms with van der Waals surface area (Å²) in [5.41, 5.74) is 4.05. The highest BCUT2D eigenvalue weighted by atomic mass is 16.5. The number of hydrogen-bond acceptors (Lipinski definition) is 4. The van der Waals surface area contributed by atoms with Gasteiger partial charge in [0, 0.05) is 23.6 Å². The fourth-order valence-corrected chi connectivity index (χ4v) is 3.41. The summed E-state index contributed by atoms with van der Waals surface area (Å²) in [6.07, 6.45) is 2.73. The van der Waals surface area contributed by atoms with Crippen LogP contribution in [0.5, 0.6) is 5.75 Å². The van der Waals surface area contributed by atoms with E-state index in [0.717, 1.165) is 23.2 Å². The Morgan fingerprint density at radius 2 is 2.11 bits per heavy atom. The smallest absolute Gasteiger partial charge is 0.331 e. The Morgan fingerprint density at radius 3 is 3.00 bits per heavy atom. The van der Waals surface area contributed by atoms with Crippen molar-refractivity contribution in [3.05, 3.63) is 59.8 Å². The maximum absolute atomic E-state index is 12.4. The average Bonchev–Trinajstić information content (AvgIpc) is 3.04. The molecule has 0 atom stereocenters. The number of H-pyrrole nitrogens is 1. The Labute approximate surface area is 157 Å². The van der Waals surface area contributed by atoms with E-state index in [1.165, 1.54) is 10.9 Å².